The van der Waals surface area contributed by atoms with Crippen LogP contribution < -0.4 is 15.8 Å². The Hall–Kier alpha value is -4.03. The van der Waals surface area contributed by atoms with Crippen molar-refractivity contribution in [1.29, 1.82) is 0 Å². The highest BCUT2D eigenvalue weighted by Crippen LogP contribution is 2.28. The summed E-state index contributed by atoms with van der Waals surface area (Å²) in [5.41, 5.74) is 7.70. The molecule has 6 heteroatoms. The number of H-pyrrole nitrogens is 2. The number of benzene rings is 1. The number of hydrogen-bond donors (Lipinski definition) is 3. The highest BCUT2D eigenvalue weighted by molar-refractivity contribution is 5.96. The molecular formula is C35H41N5O. The SMILES string of the molecule is CCC1CNC1.CCCC(=O)c1ccc(C2=C\C(C)C\C=c3/ccc(-c4[nH][nH]c4-c4cccc(C)n4)c/c3=C/2)nc1. The van der Waals surface area contributed by atoms with E-state index in [2.05, 4.69) is 75.8 Å². The van der Waals surface area contributed by atoms with Gasteiger partial charge in [-0.15, -0.1) is 0 Å². The van der Waals surface area contributed by atoms with Crippen LogP contribution in [0, 0.1) is 18.8 Å². The minimum atomic E-state index is 0.147. The zero-order valence-electron chi connectivity index (χ0n) is 24.6. The summed E-state index contributed by atoms with van der Waals surface area (Å²) in [6.07, 6.45) is 12.2. The van der Waals surface area contributed by atoms with Gasteiger partial charge in [-0.3, -0.25) is 25.0 Å². The molecule has 1 saturated heterocycles. The van der Waals surface area contributed by atoms with E-state index in [-0.39, 0.29) is 5.78 Å². The lowest BCUT2D eigenvalue weighted by molar-refractivity contribution is 0.0981. The number of aromatic nitrogens is 4. The first-order valence-corrected chi connectivity index (χ1v) is 14.9. The van der Waals surface area contributed by atoms with E-state index < -0.39 is 0 Å². The minimum absolute atomic E-state index is 0.147. The van der Waals surface area contributed by atoms with Gasteiger partial charge in [0.25, 0.3) is 0 Å². The summed E-state index contributed by atoms with van der Waals surface area (Å²) in [5.74, 6) is 1.54. The van der Waals surface area contributed by atoms with E-state index in [9.17, 15) is 4.79 Å². The van der Waals surface area contributed by atoms with Crippen LogP contribution in [-0.4, -0.2) is 39.0 Å². The van der Waals surface area contributed by atoms with Crippen LogP contribution in [0.5, 0.6) is 0 Å². The lowest BCUT2D eigenvalue weighted by atomic mass is 9.95. The third-order valence-corrected chi connectivity index (χ3v) is 7.87. The maximum Gasteiger partial charge on any atom is 0.164 e. The standard InChI is InChI=1S/C30H30N4O.C5H11N/c1-4-6-28(35)23-13-14-26(31-18-23)25-15-19(2)9-10-21-11-12-22(16-24(21)17-25)29-30(34-33-29)27-8-5-7-20(3)32-27;1-2-5-3-6-4-5/h5,7-8,10-19,33-34H,4,6,9H2,1-3H3;5-6H,2-4H2,1H3/b21-10+,24-17-,25-15+;. The van der Waals surface area contributed by atoms with Gasteiger partial charge in [-0.1, -0.05) is 57.5 Å². The molecule has 3 aromatic heterocycles. The van der Waals surface area contributed by atoms with Crippen LogP contribution >= 0.6 is 0 Å². The summed E-state index contributed by atoms with van der Waals surface area (Å²) in [6.45, 7) is 11.0. The van der Waals surface area contributed by atoms with Crippen molar-refractivity contribution in [2.45, 2.75) is 53.4 Å². The Labute approximate surface area is 242 Å². The number of Topliss-reactive ketones (excluding diaryl/α,β-unsaturated/α-hetero) is 1. The fraction of sp³-hybridized carbons (Fsp3) is 0.343. The molecule has 1 unspecified atom stereocenters. The van der Waals surface area contributed by atoms with Crippen molar-refractivity contribution in [3.05, 3.63) is 88.2 Å². The first-order valence-electron chi connectivity index (χ1n) is 14.9. The molecule has 0 radical (unpaired) electrons. The monoisotopic (exact) mass is 547 g/mol. The van der Waals surface area contributed by atoms with Crippen LogP contribution in [0.1, 0.15) is 68.2 Å². The van der Waals surface area contributed by atoms with Gasteiger partial charge in [0.05, 0.1) is 17.1 Å². The molecule has 41 heavy (non-hydrogen) atoms. The summed E-state index contributed by atoms with van der Waals surface area (Å²) in [4.78, 5) is 21.6. The number of nitrogens with zero attached hydrogens (tertiary/aromatic N) is 2. The molecule has 1 aromatic carbocycles. The van der Waals surface area contributed by atoms with Crippen LogP contribution in [0.2, 0.25) is 0 Å². The molecule has 1 fully saturated rings. The Morgan fingerprint density at radius 2 is 1.80 bits per heavy atom. The second kappa shape index (κ2) is 13.1. The predicted octanol–water partition coefficient (Wildman–Crippen LogP) is 6.06. The molecule has 212 valence electrons. The number of hydrogen-bond acceptors (Lipinski definition) is 4. The number of fused-ring (bicyclic) bond motifs is 1. The average Bonchev–Trinajstić information content (AvgIpc) is 2.91. The quantitative estimate of drug-likeness (QED) is 0.246. The average molecular weight is 548 g/mol. The first-order chi connectivity index (χ1) is 19.9. The molecule has 1 aliphatic carbocycles. The number of ketones is 1. The number of rotatable bonds is 7. The van der Waals surface area contributed by atoms with Crippen molar-refractivity contribution in [3.8, 4) is 22.6 Å². The van der Waals surface area contributed by atoms with Gasteiger partial charge in [-0.05, 0) is 97.1 Å². The summed E-state index contributed by atoms with van der Waals surface area (Å²) < 4.78 is 0. The fourth-order valence-corrected chi connectivity index (χ4v) is 5.12. The minimum Gasteiger partial charge on any atom is -0.316 e. The molecule has 6 rings (SSSR count). The fourth-order valence-electron chi connectivity index (χ4n) is 5.12. The molecule has 6 nitrogen and oxygen atoms in total. The second-order valence-corrected chi connectivity index (χ2v) is 11.2. The predicted molar refractivity (Wildman–Crippen MR) is 169 cm³/mol. The molecular weight excluding hydrogens is 506 g/mol. The Morgan fingerprint density at radius 1 is 0.976 bits per heavy atom. The molecule has 1 aliphatic heterocycles. The van der Waals surface area contributed by atoms with Crippen molar-refractivity contribution in [1.82, 2.24) is 25.5 Å². The number of pyridine rings is 2. The van der Waals surface area contributed by atoms with Gasteiger partial charge in [0.15, 0.2) is 5.78 Å². The summed E-state index contributed by atoms with van der Waals surface area (Å²) in [6, 6.07) is 16.5. The molecule has 4 aromatic rings. The highest BCUT2D eigenvalue weighted by Gasteiger charge is 2.15. The maximum atomic E-state index is 12.2. The lowest BCUT2D eigenvalue weighted by Crippen LogP contribution is -2.41. The smallest absolute Gasteiger partial charge is 0.164 e. The lowest BCUT2D eigenvalue weighted by Gasteiger charge is -2.25. The van der Waals surface area contributed by atoms with Crippen LogP contribution in [0.4, 0.5) is 0 Å². The topological polar surface area (TPSA) is 86.5 Å². The van der Waals surface area contributed by atoms with Crippen molar-refractivity contribution in [2.75, 3.05) is 13.1 Å². The normalized spacial score (nSPS) is 19.4. The van der Waals surface area contributed by atoms with Gasteiger partial charge in [0.2, 0.25) is 0 Å². The molecule has 0 amide bonds. The Balaban J connectivity index is 0.000000500. The molecule has 4 heterocycles. The van der Waals surface area contributed by atoms with E-state index in [1.165, 1.54) is 24.7 Å². The Bertz CT molecular complexity index is 1630. The second-order valence-electron chi connectivity index (χ2n) is 11.2. The van der Waals surface area contributed by atoms with Gasteiger partial charge in [0.1, 0.15) is 5.69 Å². The maximum absolute atomic E-state index is 12.2. The van der Waals surface area contributed by atoms with Gasteiger partial charge in [-0.2, -0.15) is 0 Å². The van der Waals surface area contributed by atoms with Crippen LogP contribution in [0.3, 0.4) is 0 Å². The number of nitrogens with one attached hydrogen (secondary N) is 3. The first kappa shape index (κ1) is 28.5. The zero-order valence-corrected chi connectivity index (χ0v) is 24.6. The van der Waals surface area contributed by atoms with Crippen LogP contribution in [-0.2, 0) is 0 Å². The van der Waals surface area contributed by atoms with Gasteiger partial charge < -0.3 is 5.32 Å². The molecule has 0 saturated carbocycles. The van der Waals surface area contributed by atoms with Gasteiger partial charge >= 0.3 is 0 Å². The third-order valence-electron chi connectivity index (χ3n) is 7.87. The zero-order chi connectivity index (χ0) is 28.8. The largest absolute Gasteiger partial charge is 0.316 e. The molecule has 1 atom stereocenters. The van der Waals surface area contributed by atoms with E-state index in [4.69, 9.17) is 0 Å². The Kier molecular flexibility index (Phi) is 9.10. The van der Waals surface area contributed by atoms with E-state index >= 15 is 0 Å². The number of allylic oxidation sites excluding steroid dienone is 2. The van der Waals surface area contributed by atoms with Crippen LogP contribution in [0.25, 0.3) is 40.4 Å². The third kappa shape index (κ3) is 6.83. The summed E-state index contributed by atoms with van der Waals surface area (Å²) in [7, 11) is 0. The van der Waals surface area contributed by atoms with Gasteiger partial charge in [-0.25, -0.2) is 0 Å². The van der Waals surface area contributed by atoms with E-state index in [1.807, 2.05) is 44.2 Å². The summed E-state index contributed by atoms with van der Waals surface area (Å²) in [5, 5.41) is 12.0. The highest BCUT2D eigenvalue weighted by atomic mass is 16.1. The number of carbonyl (C=O) groups excluding carboxylic acids is 1. The van der Waals surface area contributed by atoms with Crippen molar-refractivity contribution in [3.63, 3.8) is 0 Å². The van der Waals surface area contributed by atoms with E-state index in [0.717, 1.165) is 63.6 Å². The van der Waals surface area contributed by atoms with Crippen LogP contribution in [0.15, 0.2) is 60.8 Å². The molecule has 2 aliphatic rings. The Morgan fingerprint density at radius 3 is 2.41 bits per heavy atom. The van der Waals surface area contributed by atoms with Crippen molar-refractivity contribution in [2.24, 2.45) is 11.8 Å². The van der Waals surface area contributed by atoms with E-state index in [0.29, 0.717) is 17.9 Å². The van der Waals surface area contributed by atoms with Crippen molar-refractivity contribution >= 4 is 23.5 Å². The number of carbonyl (C=O) groups is 1. The number of aromatic amines is 2. The van der Waals surface area contributed by atoms with Gasteiger partial charge in [0, 0.05) is 29.4 Å². The molecule has 3 N–H and O–H groups in total. The van der Waals surface area contributed by atoms with Crippen molar-refractivity contribution < 1.29 is 4.79 Å². The summed E-state index contributed by atoms with van der Waals surface area (Å²) >= 11 is 0. The molecule has 0 spiro atoms. The number of aryl methyl sites for hydroxylation is 1. The van der Waals surface area contributed by atoms with E-state index in [1.54, 1.807) is 6.20 Å². The molecule has 0 bridgehead atoms.